The smallest absolute Gasteiger partial charge is 0.227 e. The Hall–Kier alpha value is -2.20. The van der Waals surface area contributed by atoms with Gasteiger partial charge in [0.25, 0.3) is 0 Å². The summed E-state index contributed by atoms with van der Waals surface area (Å²) in [5.41, 5.74) is 8.15. The van der Waals surface area contributed by atoms with E-state index in [1.165, 1.54) is 12.1 Å². The third kappa shape index (κ3) is 4.01. The fourth-order valence-electron chi connectivity index (χ4n) is 2.92. The van der Waals surface area contributed by atoms with Crippen LogP contribution >= 0.6 is 0 Å². The monoisotopic (exact) mass is 328 g/mol. The average molecular weight is 328 g/mol. The van der Waals surface area contributed by atoms with Gasteiger partial charge in [0, 0.05) is 12.6 Å². The van der Waals surface area contributed by atoms with Crippen LogP contribution in [-0.2, 0) is 4.79 Å². The Kier molecular flexibility index (Phi) is 6.10. The van der Waals surface area contributed by atoms with Crippen LogP contribution in [0.5, 0.6) is 0 Å². The number of rotatable bonds is 6. The van der Waals surface area contributed by atoms with Crippen molar-refractivity contribution in [1.29, 1.82) is 0 Å². The highest BCUT2D eigenvalue weighted by molar-refractivity contribution is 5.80. The zero-order valence-electron chi connectivity index (χ0n) is 14.4. The van der Waals surface area contributed by atoms with Gasteiger partial charge >= 0.3 is 0 Å². The highest BCUT2D eigenvalue weighted by atomic mass is 19.1. The van der Waals surface area contributed by atoms with E-state index < -0.39 is 0 Å². The topological polar surface area (TPSA) is 46.3 Å². The van der Waals surface area contributed by atoms with Crippen molar-refractivity contribution < 1.29 is 9.18 Å². The Morgan fingerprint density at radius 1 is 1.04 bits per heavy atom. The molecule has 0 radical (unpaired) electrons. The maximum absolute atomic E-state index is 13.1. The minimum Gasteiger partial charge on any atom is -0.336 e. The zero-order chi connectivity index (χ0) is 17.7. The molecule has 2 rings (SSSR count). The molecular formula is C20H25FN2O. The lowest BCUT2D eigenvalue weighted by Gasteiger charge is -2.32. The standard InChI is InChI=1S/C20H25FN2O/c1-4-23(15(3)16-10-12-18(21)13-11-16)20(24)14(2)19(22)17-8-6-5-7-9-17/h5-15,19H,4,22H2,1-3H3. The number of nitrogens with two attached hydrogens (primary N) is 1. The predicted molar refractivity (Wildman–Crippen MR) is 94.7 cm³/mol. The van der Waals surface area contributed by atoms with Gasteiger partial charge in [-0.05, 0) is 37.1 Å². The highest BCUT2D eigenvalue weighted by Gasteiger charge is 2.29. The Labute approximate surface area is 143 Å². The SMILES string of the molecule is CCN(C(=O)C(C)C(N)c1ccccc1)C(C)c1ccc(F)cc1. The second-order valence-electron chi connectivity index (χ2n) is 6.08. The van der Waals surface area contributed by atoms with Crippen LogP contribution < -0.4 is 5.73 Å². The van der Waals surface area contributed by atoms with Gasteiger partial charge in [0.05, 0.1) is 12.0 Å². The molecule has 0 heterocycles. The van der Waals surface area contributed by atoms with Crippen molar-refractivity contribution in [2.75, 3.05) is 6.54 Å². The summed E-state index contributed by atoms with van der Waals surface area (Å²) in [6, 6.07) is 15.4. The fraction of sp³-hybridized carbons (Fsp3) is 0.350. The molecule has 0 saturated heterocycles. The molecule has 2 aromatic carbocycles. The molecule has 0 aromatic heterocycles. The summed E-state index contributed by atoms with van der Waals surface area (Å²) in [7, 11) is 0. The lowest BCUT2D eigenvalue weighted by atomic mass is 9.93. The molecule has 3 nitrogen and oxygen atoms in total. The molecular weight excluding hydrogens is 303 g/mol. The normalized spacial score (nSPS) is 14.7. The summed E-state index contributed by atoms with van der Waals surface area (Å²) in [5.74, 6) is -0.610. The fourth-order valence-corrected chi connectivity index (χ4v) is 2.92. The first kappa shape index (κ1) is 18.1. The van der Waals surface area contributed by atoms with Crippen molar-refractivity contribution in [3.05, 3.63) is 71.5 Å². The van der Waals surface area contributed by atoms with Gasteiger partial charge in [0.1, 0.15) is 5.82 Å². The molecule has 2 N–H and O–H groups in total. The van der Waals surface area contributed by atoms with Gasteiger partial charge in [0.15, 0.2) is 0 Å². The molecule has 0 saturated carbocycles. The lowest BCUT2D eigenvalue weighted by Crippen LogP contribution is -2.40. The molecule has 0 aliphatic heterocycles. The second kappa shape index (κ2) is 8.06. The molecule has 0 fully saturated rings. The Morgan fingerprint density at radius 2 is 1.62 bits per heavy atom. The van der Waals surface area contributed by atoms with Crippen LogP contribution in [0.25, 0.3) is 0 Å². The second-order valence-corrected chi connectivity index (χ2v) is 6.08. The molecule has 0 bridgehead atoms. The number of carbonyl (C=O) groups is 1. The highest BCUT2D eigenvalue weighted by Crippen LogP contribution is 2.26. The number of halogens is 1. The number of benzene rings is 2. The van der Waals surface area contributed by atoms with Gasteiger partial charge < -0.3 is 10.6 Å². The maximum Gasteiger partial charge on any atom is 0.227 e. The van der Waals surface area contributed by atoms with E-state index in [0.29, 0.717) is 6.54 Å². The van der Waals surface area contributed by atoms with Crippen LogP contribution in [0.1, 0.15) is 44.0 Å². The Bertz CT molecular complexity index is 657. The van der Waals surface area contributed by atoms with Gasteiger partial charge in [-0.2, -0.15) is 0 Å². The van der Waals surface area contributed by atoms with E-state index in [4.69, 9.17) is 5.73 Å². The van der Waals surface area contributed by atoms with Gasteiger partial charge in [-0.1, -0.05) is 49.4 Å². The summed E-state index contributed by atoms with van der Waals surface area (Å²) in [5, 5.41) is 0. The van der Waals surface area contributed by atoms with E-state index in [2.05, 4.69) is 0 Å². The predicted octanol–water partition coefficient (Wildman–Crippen LogP) is 4.07. The van der Waals surface area contributed by atoms with Crippen molar-refractivity contribution in [2.45, 2.75) is 32.9 Å². The summed E-state index contributed by atoms with van der Waals surface area (Å²) in [6.45, 7) is 6.33. The number of amides is 1. The van der Waals surface area contributed by atoms with Crippen LogP contribution in [0.3, 0.4) is 0 Å². The first-order valence-corrected chi connectivity index (χ1v) is 8.32. The molecule has 4 heteroatoms. The Morgan fingerprint density at radius 3 is 2.17 bits per heavy atom. The van der Waals surface area contributed by atoms with Gasteiger partial charge in [-0.25, -0.2) is 4.39 Å². The lowest BCUT2D eigenvalue weighted by molar-refractivity contribution is -0.137. The third-order valence-electron chi connectivity index (χ3n) is 4.56. The van der Waals surface area contributed by atoms with E-state index in [1.54, 1.807) is 17.0 Å². The average Bonchev–Trinajstić information content (AvgIpc) is 2.62. The molecule has 3 unspecified atom stereocenters. The van der Waals surface area contributed by atoms with Crippen LogP contribution in [0, 0.1) is 11.7 Å². The quantitative estimate of drug-likeness (QED) is 0.869. The van der Waals surface area contributed by atoms with E-state index in [-0.39, 0.29) is 29.7 Å². The van der Waals surface area contributed by atoms with E-state index in [1.807, 2.05) is 51.1 Å². The van der Waals surface area contributed by atoms with Crippen molar-refractivity contribution in [3.63, 3.8) is 0 Å². The van der Waals surface area contributed by atoms with Crippen LogP contribution in [0.2, 0.25) is 0 Å². The van der Waals surface area contributed by atoms with Crippen LogP contribution in [0.15, 0.2) is 54.6 Å². The number of nitrogens with zero attached hydrogens (tertiary/aromatic N) is 1. The molecule has 0 aliphatic carbocycles. The summed E-state index contributed by atoms with van der Waals surface area (Å²) in [4.78, 5) is 14.7. The summed E-state index contributed by atoms with van der Waals surface area (Å²) >= 11 is 0. The van der Waals surface area contributed by atoms with Crippen molar-refractivity contribution >= 4 is 5.91 Å². The molecule has 3 atom stereocenters. The van der Waals surface area contributed by atoms with Crippen molar-refractivity contribution in [2.24, 2.45) is 11.7 Å². The zero-order valence-corrected chi connectivity index (χ0v) is 14.4. The Balaban J connectivity index is 2.16. The number of hydrogen-bond donors (Lipinski definition) is 1. The minimum absolute atomic E-state index is 0.00526. The minimum atomic E-state index is -0.354. The molecule has 0 aliphatic rings. The largest absolute Gasteiger partial charge is 0.336 e. The molecule has 1 amide bonds. The van der Waals surface area contributed by atoms with Gasteiger partial charge in [-0.3, -0.25) is 4.79 Å². The van der Waals surface area contributed by atoms with Gasteiger partial charge in [-0.15, -0.1) is 0 Å². The number of carbonyl (C=O) groups excluding carboxylic acids is 1. The van der Waals surface area contributed by atoms with Crippen molar-refractivity contribution in [3.8, 4) is 0 Å². The summed E-state index contributed by atoms with van der Waals surface area (Å²) in [6.07, 6.45) is 0. The number of hydrogen-bond acceptors (Lipinski definition) is 2. The van der Waals surface area contributed by atoms with E-state index in [9.17, 15) is 9.18 Å². The molecule has 0 spiro atoms. The van der Waals surface area contributed by atoms with Crippen LogP contribution in [0.4, 0.5) is 4.39 Å². The molecule has 24 heavy (non-hydrogen) atoms. The first-order valence-electron chi connectivity index (χ1n) is 8.32. The molecule has 2 aromatic rings. The first-order chi connectivity index (χ1) is 11.5. The van der Waals surface area contributed by atoms with E-state index in [0.717, 1.165) is 11.1 Å². The third-order valence-corrected chi connectivity index (χ3v) is 4.56. The summed E-state index contributed by atoms with van der Waals surface area (Å²) < 4.78 is 13.1. The van der Waals surface area contributed by atoms with Crippen LogP contribution in [-0.4, -0.2) is 17.4 Å². The van der Waals surface area contributed by atoms with E-state index >= 15 is 0 Å². The van der Waals surface area contributed by atoms with Crippen molar-refractivity contribution in [1.82, 2.24) is 4.90 Å². The molecule has 128 valence electrons. The maximum atomic E-state index is 13.1. The van der Waals surface area contributed by atoms with Gasteiger partial charge in [0.2, 0.25) is 5.91 Å².